The first kappa shape index (κ1) is 33.2. The van der Waals surface area contributed by atoms with Gasteiger partial charge in [0.25, 0.3) is 30.4 Å². The third-order valence-corrected chi connectivity index (χ3v) is 9.91. The van der Waals surface area contributed by atoms with Gasteiger partial charge in [-0.2, -0.15) is 30.5 Å². The van der Waals surface area contributed by atoms with Gasteiger partial charge in [0.1, 0.15) is 22.0 Å². The van der Waals surface area contributed by atoms with Crippen LogP contribution in [0.1, 0.15) is 5.56 Å². The predicted octanol–water partition coefficient (Wildman–Crippen LogP) is 7.29. The summed E-state index contributed by atoms with van der Waals surface area (Å²) in [5.41, 5.74) is 0.249. The number of fused-ring (bicyclic) bond motifs is 3. The molecule has 0 atom stereocenters. The van der Waals surface area contributed by atoms with Crippen LogP contribution in [0.15, 0.2) is 126 Å². The van der Waals surface area contributed by atoms with Crippen molar-refractivity contribution in [2.75, 3.05) is 0 Å². The highest BCUT2D eigenvalue weighted by atomic mass is 32.2. The van der Waals surface area contributed by atoms with Crippen molar-refractivity contribution >= 4 is 85.4 Å². The van der Waals surface area contributed by atoms with Crippen LogP contribution in [0.4, 0.5) is 22.7 Å². The van der Waals surface area contributed by atoms with Crippen molar-refractivity contribution in [1.29, 1.82) is 5.26 Å². The van der Waals surface area contributed by atoms with Crippen molar-refractivity contribution in [2.24, 2.45) is 20.5 Å². The zero-order chi connectivity index (χ0) is 35.3. The Morgan fingerprint density at radius 3 is 1.78 bits per heavy atom. The van der Waals surface area contributed by atoms with E-state index in [2.05, 4.69) is 20.5 Å². The SMILES string of the molecule is N#Cc1ccc2c(N=Nc3ccc(N=Nc4cc5ccc(S(=O)(=O)O)cc5cc4S(=O)(=O)O)c4cc(S(=O)(=O)O)ccc34)c(O)ccc2c1. The Kier molecular flexibility index (Phi) is 8.20. The third-order valence-electron chi connectivity index (χ3n) is 7.33. The van der Waals surface area contributed by atoms with Crippen LogP contribution in [0.2, 0.25) is 0 Å². The van der Waals surface area contributed by atoms with E-state index >= 15 is 0 Å². The van der Waals surface area contributed by atoms with E-state index in [0.717, 1.165) is 30.3 Å². The number of aromatic hydroxyl groups is 1. The van der Waals surface area contributed by atoms with Gasteiger partial charge in [-0.25, -0.2) is 0 Å². The van der Waals surface area contributed by atoms with Crippen molar-refractivity contribution in [3.63, 3.8) is 0 Å². The topological polar surface area (TPSA) is 257 Å². The van der Waals surface area contributed by atoms with Gasteiger partial charge in [0.15, 0.2) is 0 Å². The summed E-state index contributed by atoms with van der Waals surface area (Å²) in [5, 5.41) is 38.0. The molecule has 0 radical (unpaired) electrons. The fourth-order valence-electron chi connectivity index (χ4n) is 5.01. The third kappa shape index (κ3) is 6.70. The van der Waals surface area contributed by atoms with Crippen molar-refractivity contribution in [3.05, 3.63) is 96.6 Å². The number of hydrogen-bond acceptors (Lipinski definition) is 12. The first-order chi connectivity index (χ1) is 23.0. The van der Waals surface area contributed by atoms with Crippen LogP contribution >= 0.6 is 0 Å². The highest BCUT2D eigenvalue weighted by molar-refractivity contribution is 7.86. The first-order valence-corrected chi connectivity index (χ1v) is 17.9. The average molecular weight is 718 g/mol. The minimum Gasteiger partial charge on any atom is -0.506 e. The number of hydrogen-bond donors (Lipinski definition) is 4. The number of rotatable bonds is 7. The summed E-state index contributed by atoms with van der Waals surface area (Å²) in [6.07, 6.45) is 0. The molecule has 6 aromatic rings. The summed E-state index contributed by atoms with van der Waals surface area (Å²) in [4.78, 5) is -1.77. The smallest absolute Gasteiger partial charge is 0.296 e. The lowest BCUT2D eigenvalue weighted by molar-refractivity contribution is 0.477. The molecular formula is C31H19N5O10S3. The summed E-state index contributed by atoms with van der Waals surface area (Å²) in [6.45, 7) is 0. The Hall–Kier alpha value is -5.68. The molecule has 0 aliphatic heterocycles. The molecule has 0 heterocycles. The van der Waals surface area contributed by atoms with Crippen molar-refractivity contribution < 1.29 is 44.0 Å². The molecule has 6 rings (SSSR count). The normalized spacial score (nSPS) is 12.8. The molecule has 0 fully saturated rings. The van der Waals surface area contributed by atoms with Gasteiger partial charge in [-0.3, -0.25) is 13.7 Å². The maximum absolute atomic E-state index is 12.3. The first-order valence-electron chi connectivity index (χ1n) is 13.6. The molecule has 15 nitrogen and oxygen atoms in total. The second-order valence-corrected chi connectivity index (χ2v) is 14.7. The highest BCUT2D eigenvalue weighted by Gasteiger charge is 2.20. The quantitative estimate of drug-likeness (QED) is 0.0941. The Morgan fingerprint density at radius 2 is 1.10 bits per heavy atom. The van der Waals surface area contributed by atoms with E-state index in [4.69, 9.17) is 0 Å². The fourth-order valence-corrected chi connectivity index (χ4v) is 6.67. The minimum atomic E-state index is -4.95. The zero-order valence-corrected chi connectivity index (χ0v) is 26.8. The summed E-state index contributed by atoms with van der Waals surface area (Å²) in [7, 11) is -14.3. The van der Waals surface area contributed by atoms with Gasteiger partial charge in [-0.15, -0.1) is 20.5 Å². The Balaban J connectivity index is 1.50. The van der Waals surface area contributed by atoms with E-state index in [1.807, 2.05) is 6.07 Å². The summed E-state index contributed by atoms with van der Waals surface area (Å²) < 4.78 is 101. The molecule has 49 heavy (non-hydrogen) atoms. The van der Waals surface area contributed by atoms with Gasteiger partial charge in [0.2, 0.25) is 0 Å². The second-order valence-electron chi connectivity index (χ2n) is 10.4. The number of phenolic OH excluding ortho intramolecular Hbond substituents is 1. The Labute approximate surface area is 277 Å². The molecule has 6 aromatic carbocycles. The average Bonchev–Trinajstić information content (AvgIpc) is 3.04. The maximum Gasteiger partial charge on any atom is 0.296 e. The van der Waals surface area contributed by atoms with E-state index < -0.39 is 45.0 Å². The van der Waals surface area contributed by atoms with Gasteiger partial charge >= 0.3 is 0 Å². The molecule has 0 unspecified atom stereocenters. The standard InChI is InChI=1S/C31H19N5O10S3/c32-16-17-1-6-23-19(11-17)3-10-29(37)31(23)36-34-26-8-9-27(25-15-22(48(41,42)43)5-7-24(25)26)33-35-28-13-18-2-4-21(47(38,39)40)12-20(18)14-30(28)49(44,45)46/h1-15,37H,(H,38,39,40)(H,41,42,43)(H,44,45,46). The summed E-state index contributed by atoms with van der Waals surface area (Å²) in [5.74, 6) is -0.205. The van der Waals surface area contributed by atoms with Crippen LogP contribution in [0.5, 0.6) is 5.75 Å². The summed E-state index contributed by atoms with van der Waals surface area (Å²) in [6, 6.07) is 21.6. The summed E-state index contributed by atoms with van der Waals surface area (Å²) >= 11 is 0. The van der Waals surface area contributed by atoms with Gasteiger partial charge in [0, 0.05) is 16.2 Å². The highest BCUT2D eigenvalue weighted by Crippen LogP contribution is 2.40. The number of nitrogens with zero attached hydrogens (tertiary/aromatic N) is 5. The van der Waals surface area contributed by atoms with Gasteiger partial charge < -0.3 is 5.11 Å². The zero-order valence-electron chi connectivity index (χ0n) is 24.4. The van der Waals surface area contributed by atoms with Crippen LogP contribution in [0.25, 0.3) is 32.3 Å². The van der Waals surface area contributed by atoms with E-state index in [1.165, 1.54) is 36.4 Å². The van der Waals surface area contributed by atoms with Crippen LogP contribution in [-0.2, 0) is 30.4 Å². The van der Waals surface area contributed by atoms with E-state index in [1.54, 1.807) is 24.3 Å². The molecule has 0 amide bonds. The van der Waals surface area contributed by atoms with E-state index in [-0.39, 0.29) is 50.0 Å². The molecule has 18 heteroatoms. The molecule has 0 aromatic heterocycles. The Morgan fingerprint density at radius 1 is 0.510 bits per heavy atom. The van der Waals surface area contributed by atoms with Crippen LogP contribution in [0, 0.1) is 11.3 Å². The molecule has 0 saturated heterocycles. The molecule has 246 valence electrons. The molecule has 0 aliphatic carbocycles. The molecule has 4 N–H and O–H groups in total. The van der Waals surface area contributed by atoms with Gasteiger partial charge in [-0.1, -0.05) is 24.3 Å². The number of phenols is 1. The second kappa shape index (κ2) is 12.1. The number of azo groups is 2. The number of nitriles is 1. The monoisotopic (exact) mass is 717 g/mol. The van der Waals surface area contributed by atoms with Crippen LogP contribution < -0.4 is 0 Å². The lowest BCUT2D eigenvalue weighted by Crippen LogP contribution is -2.00. The largest absolute Gasteiger partial charge is 0.506 e. The fraction of sp³-hybridized carbons (Fsp3) is 0. The lowest BCUT2D eigenvalue weighted by Gasteiger charge is -2.09. The number of benzene rings is 6. The van der Waals surface area contributed by atoms with Crippen molar-refractivity contribution in [1.82, 2.24) is 0 Å². The van der Waals surface area contributed by atoms with Crippen molar-refractivity contribution in [2.45, 2.75) is 14.7 Å². The van der Waals surface area contributed by atoms with Crippen molar-refractivity contribution in [3.8, 4) is 11.8 Å². The maximum atomic E-state index is 12.3. The Bertz CT molecular complexity index is 2830. The predicted molar refractivity (Wildman–Crippen MR) is 176 cm³/mol. The van der Waals surface area contributed by atoms with E-state index in [0.29, 0.717) is 16.3 Å². The van der Waals surface area contributed by atoms with Crippen LogP contribution in [-0.4, -0.2) is 44.0 Å². The lowest BCUT2D eigenvalue weighted by atomic mass is 10.1. The molecule has 0 aliphatic rings. The molecule has 0 bridgehead atoms. The van der Waals surface area contributed by atoms with Gasteiger partial charge in [0.05, 0.1) is 32.8 Å². The minimum absolute atomic E-state index is 0.0282. The molecule has 0 spiro atoms. The van der Waals surface area contributed by atoms with Gasteiger partial charge in [-0.05, 0) is 82.9 Å². The molecule has 0 saturated carbocycles. The van der Waals surface area contributed by atoms with E-state index in [9.17, 15) is 49.3 Å². The molecular weight excluding hydrogens is 699 g/mol. The van der Waals surface area contributed by atoms with Crippen LogP contribution in [0.3, 0.4) is 0 Å².